The Morgan fingerprint density at radius 3 is 2.81 bits per heavy atom. The first-order valence-electron chi connectivity index (χ1n) is 9.96. The van der Waals surface area contributed by atoms with Gasteiger partial charge in [-0.25, -0.2) is 9.97 Å². The monoisotopic (exact) mass is 445 g/mol. The van der Waals surface area contributed by atoms with E-state index in [2.05, 4.69) is 9.97 Å². The van der Waals surface area contributed by atoms with Gasteiger partial charge < -0.3 is 19.3 Å². The number of piperidine rings is 1. The van der Waals surface area contributed by atoms with E-state index in [1.54, 1.807) is 23.9 Å². The molecule has 3 aromatic rings. The summed E-state index contributed by atoms with van der Waals surface area (Å²) in [5.74, 6) is -0.0408. The largest absolute Gasteiger partial charge is 0.483 e. The van der Waals surface area contributed by atoms with E-state index < -0.39 is 5.41 Å². The van der Waals surface area contributed by atoms with Crippen LogP contribution in [0.2, 0.25) is 0 Å². The van der Waals surface area contributed by atoms with Gasteiger partial charge in [-0.2, -0.15) is 0 Å². The standard InChI is InChI=1S/C19H21N5O3S.CH2O2/c25-16(9-14-11-24-7-8-28-18(24)21-14)23-4-1-19(2-5-23)10-15(27-17(19)26)12-22-6-3-20-13-22;2-1-3/h3,6-8,11,13,15H,1-2,4-5,9-10,12H2;1H,(H,2,3). The zero-order valence-corrected chi connectivity index (χ0v) is 17.6. The Hall–Kier alpha value is -3.21. The predicted molar refractivity (Wildman–Crippen MR) is 110 cm³/mol. The van der Waals surface area contributed by atoms with Gasteiger partial charge in [-0.15, -0.1) is 11.3 Å². The van der Waals surface area contributed by atoms with Crippen LogP contribution < -0.4 is 0 Å². The number of imidazole rings is 2. The van der Waals surface area contributed by atoms with Crippen molar-refractivity contribution in [1.82, 2.24) is 23.8 Å². The first kappa shape index (κ1) is 21.0. The van der Waals surface area contributed by atoms with Crippen molar-refractivity contribution in [2.75, 3.05) is 13.1 Å². The fourth-order valence-corrected chi connectivity index (χ4v) is 5.01. The van der Waals surface area contributed by atoms with Crippen LogP contribution in [-0.4, -0.2) is 66.5 Å². The average Bonchev–Trinajstić information content (AvgIpc) is 3.50. The quantitative estimate of drug-likeness (QED) is 0.477. The van der Waals surface area contributed by atoms with E-state index >= 15 is 0 Å². The van der Waals surface area contributed by atoms with Crippen molar-refractivity contribution in [3.8, 4) is 0 Å². The number of fused-ring (bicyclic) bond motifs is 1. The molecule has 2 saturated heterocycles. The molecule has 0 aromatic carbocycles. The number of ether oxygens (including phenoxy) is 1. The van der Waals surface area contributed by atoms with Crippen LogP contribution >= 0.6 is 11.3 Å². The summed E-state index contributed by atoms with van der Waals surface area (Å²) >= 11 is 1.55. The second-order valence-electron chi connectivity index (χ2n) is 7.76. The number of likely N-dealkylation sites (tertiary alicyclic amines) is 1. The van der Waals surface area contributed by atoms with E-state index in [0.29, 0.717) is 45.3 Å². The highest BCUT2D eigenvalue weighted by Gasteiger charge is 2.50. The molecule has 2 fully saturated rings. The molecule has 1 amide bonds. The van der Waals surface area contributed by atoms with Gasteiger partial charge >= 0.3 is 5.97 Å². The summed E-state index contributed by atoms with van der Waals surface area (Å²) in [7, 11) is 0. The zero-order chi connectivity index (χ0) is 21.8. The summed E-state index contributed by atoms with van der Waals surface area (Å²) in [6.45, 7) is 1.56. The summed E-state index contributed by atoms with van der Waals surface area (Å²) in [5, 5.41) is 8.86. The second kappa shape index (κ2) is 8.88. The molecule has 3 aromatic heterocycles. The molecule has 0 bridgehead atoms. The van der Waals surface area contributed by atoms with Crippen molar-refractivity contribution in [2.45, 2.75) is 38.3 Å². The lowest BCUT2D eigenvalue weighted by Crippen LogP contribution is -2.45. The maximum atomic E-state index is 12.7. The molecule has 2 aliphatic rings. The Balaban J connectivity index is 0.000000730. The lowest BCUT2D eigenvalue weighted by molar-refractivity contribution is -0.152. The maximum absolute atomic E-state index is 12.7. The number of esters is 1. The van der Waals surface area contributed by atoms with Crippen molar-refractivity contribution >= 4 is 34.6 Å². The van der Waals surface area contributed by atoms with Crippen molar-refractivity contribution in [1.29, 1.82) is 0 Å². The van der Waals surface area contributed by atoms with E-state index in [0.717, 1.165) is 10.7 Å². The normalized spacial score (nSPS) is 19.8. The third-order valence-corrected chi connectivity index (χ3v) is 6.62. The zero-order valence-electron chi connectivity index (χ0n) is 16.8. The predicted octanol–water partition coefficient (Wildman–Crippen LogP) is 1.46. The number of rotatable bonds is 4. The SMILES string of the molecule is O=C(Cc1cn2ccsc2n1)N1CCC2(CC1)CC(Cn1ccnc1)OC2=O.O=CO. The number of aromatic nitrogens is 4. The Morgan fingerprint density at radius 1 is 1.35 bits per heavy atom. The van der Waals surface area contributed by atoms with Gasteiger partial charge in [0.25, 0.3) is 6.47 Å². The molecule has 10 nitrogen and oxygen atoms in total. The fraction of sp³-hybridized carbons (Fsp3) is 0.450. The van der Waals surface area contributed by atoms with Crippen LogP contribution in [0.3, 0.4) is 0 Å². The molecule has 5 heterocycles. The summed E-state index contributed by atoms with van der Waals surface area (Å²) in [4.78, 5) is 44.9. The lowest BCUT2D eigenvalue weighted by Gasteiger charge is -2.36. The number of amides is 1. The van der Waals surface area contributed by atoms with Crippen molar-refractivity contribution in [3.63, 3.8) is 0 Å². The first-order valence-corrected chi connectivity index (χ1v) is 10.8. The Bertz CT molecular complexity index is 1020. The number of hydrogen-bond acceptors (Lipinski definition) is 7. The molecule has 31 heavy (non-hydrogen) atoms. The summed E-state index contributed by atoms with van der Waals surface area (Å²) in [6.07, 6.45) is 11.4. The molecule has 11 heteroatoms. The van der Waals surface area contributed by atoms with Crippen LogP contribution in [0.25, 0.3) is 4.96 Å². The Labute approximate surface area is 182 Å². The van der Waals surface area contributed by atoms with Gasteiger partial charge in [0.15, 0.2) is 4.96 Å². The molecule has 0 radical (unpaired) electrons. The minimum absolute atomic E-state index is 0.0712. The fourth-order valence-electron chi connectivity index (χ4n) is 4.29. The van der Waals surface area contributed by atoms with Gasteiger partial charge in [-0.1, -0.05) is 0 Å². The minimum Gasteiger partial charge on any atom is -0.483 e. The van der Waals surface area contributed by atoms with Crippen molar-refractivity contribution in [2.24, 2.45) is 5.41 Å². The van der Waals surface area contributed by atoms with E-state index in [4.69, 9.17) is 14.6 Å². The third kappa shape index (κ3) is 4.46. The number of carboxylic acid groups (broad SMARTS) is 1. The minimum atomic E-state index is -0.445. The molecule has 1 unspecified atom stereocenters. The first-order chi connectivity index (χ1) is 15.0. The van der Waals surface area contributed by atoms with Gasteiger partial charge in [-0.3, -0.25) is 18.8 Å². The number of carbonyl (C=O) groups is 3. The highest BCUT2D eigenvalue weighted by atomic mass is 32.1. The van der Waals surface area contributed by atoms with Gasteiger partial charge in [0.1, 0.15) is 6.10 Å². The van der Waals surface area contributed by atoms with E-state index in [1.165, 1.54) is 0 Å². The number of thiazole rings is 1. The number of carbonyl (C=O) groups excluding carboxylic acids is 2. The molecular formula is C20H23N5O5S. The summed E-state index contributed by atoms with van der Waals surface area (Å²) in [6, 6.07) is 0. The molecule has 5 rings (SSSR count). The summed E-state index contributed by atoms with van der Waals surface area (Å²) < 4.78 is 9.52. The third-order valence-electron chi connectivity index (χ3n) is 5.85. The average molecular weight is 446 g/mol. The molecule has 0 saturated carbocycles. The summed E-state index contributed by atoms with van der Waals surface area (Å²) in [5.41, 5.74) is 0.344. The van der Waals surface area contributed by atoms with Crippen LogP contribution in [-0.2, 0) is 32.1 Å². The molecule has 0 aliphatic carbocycles. The number of cyclic esters (lactones) is 1. The van der Waals surface area contributed by atoms with Gasteiger partial charge in [-0.05, 0) is 12.8 Å². The smallest absolute Gasteiger partial charge is 0.312 e. The van der Waals surface area contributed by atoms with Gasteiger partial charge in [0.2, 0.25) is 5.91 Å². The van der Waals surface area contributed by atoms with Gasteiger partial charge in [0.05, 0.1) is 30.4 Å². The van der Waals surface area contributed by atoms with Gasteiger partial charge in [0, 0.05) is 49.7 Å². The molecule has 2 aliphatic heterocycles. The molecule has 164 valence electrons. The Morgan fingerprint density at radius 2 is 2.13 bits per heavy atom. The van der Waals surface area contributed by atoms with Crippen LogP contribution in [0.15, 0.2) is 36.5 Å². The highest BCUT2D eigenvalue weighted by molar-refractivity contribution is 7.15. The lowest BCUT2D eigenvalue weighted by atomic mass is 9.76. The van der Waals surface area contributed by atoms with E-state index in [9.17, 15) is 9.59 Å². The van der Waals surface area contributed by atoms with Crippen molar-refractivity contribution < 1.29 is 24.2 Å². The molecular weight excluding hydrogens is 422 g/mol. The topological polar surface area (TPSA) is 119 Å². The Kier molecular flexibility index (Phi) is 6.03. The molecule has 1 atom stereocenters. The number of nitrogens with zero attached hydrogens (tertiary/aromatic N) is 5. The van der Waals surface area contributed by atoms with Crippen LogP contribution in [0.1, 0.15) is 25.0 Å². The van der Waals surface area contributed by atoms with E-state index in [1.807, 2.05) is 37.8 Å². The van der Waals surface area contributed by atoms with Crippen molar-refractivity contribution in [3.05, 3.63) is 42.2 Å². The highest BCUT2D eigenvalue weighted by Crippen LogP contribution is 2.43. The van der Waals surface area contributed by atoms with Crippen LogP contribution in [0.4, 0.5) is 0 Å². The molecule has 1 N–H and O–H groups in total. The van der Waals surface area contributed by atoms with E-state index in [-0.39, 0.29) is 24.5 Å². The molecule has 1 spiro atoms. The van der Waals surface area contributed by atoms with Crippen LogP contribution in [0.5, 0.6) is 0 Å². The second-order valence-corrected chi connectivity index (χ2v) is 8.63. The number of hydrogen-bond donors (Lipinski definition) is 1. The van der Waals surface area contributed by atoms with Crippen LogP contribution in [0, 0.1) is 5.41 Å². The maximum Gasteiger partial charge on any atom is 0.312 e.